The first-order valence-corrected chi connectivity index (χ1v) is 7.98. The molecule has 0 radical (unpaired) electrons. The first kappa shape index (κ1) is 15.6. The van der Waals surface area contributed by atoms with Gasteiger partial charge in [0.1, 0.15) is 4.90 Å². The number of nitrogens with zero attached hydrogens (tertiary/aromatic N) is 3. The molecule has 0 saturated carbocycles. The van der Waals surface area contributed by atoms with Crippen LogP contribution in [0.1, 0.15) is 22.6 Å². The van der Waals surface area contributed by atoms with Gasteiger partial charge in [-0.25, -0.2) is 13.1 Å². The first-order chi connectivity index (χ1) is 9.86. The van der Waals surface area contributed by atoms with E-state index in [2.05, 4.69) is 14.8 Å². The van der Waals surface area contributed by atoms with Crippen LogP contribution in [0.2, 0.25) is 0 Å². The molecule has 0 spiro atoms. The third-order valence-corrected chi connectivity index (χ3v) is 4.90. The highest BCUT2D eigenvalue weighted by molar-refractivity contribution is 7.89. The van der Waals surface area contributed by atoms with Gasteiger partial charge in [0, 0.05) is 37.6 Å². The Balaban J connectivity index is 2.26. The summed E-state index contributed by atoms with van der Waals surface area (Å²) in [6, 6.07) is 3.08. The number of hydrogen-bond acceptors (Lipinski definition) is 5. The van der Waals surface area contributed by atoms with Gasteiger partial charge in [-0.2, -0.15) is 5.10 Å². The van der Waals surface area contributed by atoms with Gasteiger partial charge in [0.15, 0.2) is 0 Å². The van der Waals surface area contributed by atoms with E-state index in [1.165, 1.54) is 12.3 Å². The fourth-order valence-corrected chi connectivity index (χ4v) is 3.33. The summed E-state index contributed by atoms with van der Waals surface area (Å²) in [6.07, 6.45) is 1.52. The Labute approximate surface area is 124 Å². The maximum Gasteiger partial charge on any atom is 0.242 e. The van der Waals surface area contributed by atoms with E-state index in [9.17, 15) is 8.42 Å². The van der Waals surface area contributed by atoms with Crippen LogP contribution in [0.25, 0.3) is 0 Å². The van der Waals surface area contributed by atoms with Gasteiger partial charge in [-0.1, -0.05) is 0 Å². The summed E-state index contributed by atoms with van der Waals surface area (Å²) in [6.45, 7) is 4.01. The van der Waals surface area contributed by atoms with Crippen molar-refractivity contribution in [2.45, 2.75) is 31.8 Å². The van der Waals surface area contributed by atoms with Gasteiger partial charge < -0.3 is 5.73 Å². The Morgan fingerprint density at radius 1 is 1.38 bits per heavy atom. The minimum absolute atomic E-state index is 0.0715. The van der Waals surface area contributed by atoms with Gasteiger partial charge in [-0.15, -0.1) is 0 Å². The second kappa shape index (κ2) is 5.92. The topological polar surface area (TPSA) is 103 Å². The fourth-order valence-electron chi connectivity index (χ4n) is 2.14. The standard InChI is InChI=1S/C13H19N5O2S/c1-9-11(10(2)18(3)17-9)8-16-21(19,20)13-5-4-6-15-12(13)7-14/h4-6,16H,7-8,14H2,1-3H3. The van der Waals surface area contributed by atoms with Crippen LogP contribution in [0.5, 0.6) is 0 Å². The van der Waals surface area contributed by atoms with Gasteiger partial charge in [-0.05, 0) is 26.0 Å². The molecule has 0 aliphatic rings. The number of sulfonamides is 1. The van der Waals surface area contributed by atoms with E-state index in [0.29, 0.717) is 5.69 Å². The average molecular weight is 309 g/mol. The smallest absolute Gasteiger partial charge is 0.242 e. The van der Waals surface area contributed by atoms with Gasteiger partial charge in [-0.3, -0.25) is 9.67 Å². The van der Waals surface area contributed by atoms with Crippen LogP contribution in [0.3, 0.4) is 0 Å². The molecule has 2 aromatic heterocycles. The van der Waals surface area contributed by atoms with E-state index >= 15 is 0 Å². The monoisotopic (exact) mass is 309 g/mol. The predicted octanol–water partition coefficient (Wildman–Crippen LogP) is 0.369. The maximum absolute atomic E-state index is 12.4. The molecular weight excluding hydrogens is 290 g/mol. The molecular formula is C13H19N5O2S. The lowest BCUT2D eigenvalue weighted by atomic mass is 10.2. The molecule has 3 N–H and O–H groups in total. The maximum atomic E-state index is 12.4. The molecule has 8 heteroatoms. The molecule has 0 aliphatic heterocycles. The van der Waals surface area contributed by atoms with E-state index < -0.39 is 10.0 Å². The molecule has 2 heterocycles. The number of hydrogen-bond donors (Lipinski definition) is 2. The van der Waals surface area contributed by atoms with E-state index in [4.69, 9.17) is 5.73 Å². The third-order valence-electron chi connectivity index (χ3n) is 3.43. The zero-order valence-electron chi connectivity index (χ0n) is 12.3. The summed E-state index contributed by atoms with van der Waals surface area (Å²) in [5.74, 6) is 0. The molecule has 21 heavy (non-hydrogen) atoms. The van der Waals surface area contributed by atoms with Crippen molar-refractivity contribution >= 4 is 10.0 Å². The summed E-state index contributed by atoms with van der Waals surface area (Å²) < 4.78 is 29.1. The zero-order chi connectivity index (χ0) is 15.6. The Kier molecular flexibility index (Phi) is 4.40. The number of rotatable bonds is 5. The fraction of sp³-hybridized carbons (Fsp3) is 0.385. The number of nitrogens with one attached hydrogen (secondary N) is 1. The van der Waals surface area contributed by atoms with E-state index in [0.717, 1.165) is 17.0 Å². The van der Waals surface area contributed by atoms with Crippen molar-refractivity contribution in [1.29, 1.82) is 0 Å². The summed E-state index contributed by atoms with van der Waals surface area (Å²) in [5, 5.41) is 4.27. The molecule has 0 aromatic carbocycles. The molecule has 0 amide bonds. The highest BCUT2D eigenvalue weighted by Gasteiger charge is 2.19. The number of aromatic nitrogens is 3. The van der Waals surface area contributed by atoms with Crippen LogP contribution in [-0.4, -0.2) is 23.2 Å². The summed E-state index contributed by atoms with van der Waals surface area (Å²) in [7, 11) is -1.83. The van der Waals surface area contributed by atoms with E-state index in [1.807, 2.05) is 20.9 Å². The first-order valence-electron chi connectivity index (χ1n) is 6.49. The Hall–Kier alpha value is -1.77. The van der Waals surface area contributed by atoms with Gasteiger partial charge >= 0.3 is 0 Å². The molecule has 0 saturated heterocycles. The molecule has 0 bridgehead atoms. The molecule has 2 rings (SSSR count). The number of nitrogens with two attached hydrogens (primary N) is 1. The largest absolute Gasteiger partial charge is 0.325 e. The number of pyridine rings is 1. The molecule has 0 atom stereocenters. The Morgan fingerprint density at radius 2 is 2.10 bits per heavy atom. The predicted molar refractivity (Wildman–Crippen MR) is 78.8 cm³/mol. The van der Waals surface area contributed by atoms with Crippen molar-refractivity contribution in [2.75, 3.05) is 0 Å². The van der Waals surface area contributed by atoms with Crippen LogP contribution in [0.4, 0.5) is 0 Å². The summed E-state index contributed by atoms with van der Waals surface area (Å²) in [4.78, 5) is 4.11. The highest BCUT2D eigenvalue weighted by atomic mass is 32.2. The van der Waals surface area contributed by atoms with Gasteiger partial charge in [0.05, 0.1) is 11.4 Å². The number of aryl methyl sites for hydroxylation is 2. The van der Waals surface area contributed by atoms with Crippen LogP contribution >= 0.6 is 0 Å². The normalized spacial score (nSPS) is 11.8. The van der Waals surface area contributed by atoms with Crippen molar-refractivity contribution in [2.24, 2.45) is 12.8 Å². The molecule has 114 valence electrons. The van der Waals surface area contributed by atoms with Crippen molar-refractivity contribution in [3.05, 3.63) is 41.0 Å². The summed E-state index contributed by atoms with van der Waals surface area (Å²) >= 11 is 0. The van der Waals surface area contributed by atoms with Crippen LogP contribution in [-0.2, 0) is 30.2 Å². The third kappa shape index (κ3) is 3.12. The van der Waals surface area contributed by atoms with Crippen LogP contribution < -0.4 is 10.5 Å². The quantitative estimate of drug-likeness (QED) is 0.830. The lowest BCUT2D eigenvalue weighted by Gasteiger charge is -2.10. The zero-order valence-corrected chi connectivity index (χ0v) is 13.1. The van der Waals surface area contributed by atoms with Crippen molar-refractivity contribution in [3.8, 4) is 0 Å². The molecule has 0 aliphatic carbocycles. The van der Waals surface area contributed by atoms with Crippen LogP contribution in [0.15, 0.2) is 23.2 Å². The second-order valence-corrected chi connectivity index (χ2v) is 6.49. The van der Waals surface area contributed by atoms with Gasteiger partial charge in [0.25, 0.3) is 0 Å². The van der Waals surface area contributed by atoms with Crippen molar-refractivity contribution in [1.82, 2.24) is 19.5 Å². The average Bonchev–Trinajstić information content (AvgIpc) is 2.70. The highest BCUT2D eigenvalue weighted by Crippen LogP contribution is 2.15. The van der Waals surface area contributed by atoms with Crippen molar-refractivity contribution in [3.63, 3.8) is 0 Å². The molecule has 0 unspecified atom stereocenters. The van der Waals surface area contributed by atoms with E-state index in [-0.39, 0.29) is 18.0 Å². The lowest BCUT2D eigenvalue weighted by Crippen LogP contribution is -2.25. The Bertz CT molecular complexity index is 752. The minimum Gasteiger partial charge on any atom is -0.325 e. The molecule has 0 fully saturated rings. The molecule has 2 aromatic rings. The SMILES string of the molecule is Cc1nn(C)c(C)c1CNS(=O)(=O)c1cccnc1CN. The second-order valence-electron chi connectivity index (χ2n) is 4.75. The lowest BCUT2D eigenvalue weighted by molar-refractivity contribution is 0.579. The summed E-state index contributed by atoms with van der Waals surface area (Å²) in [5.41, 5.74) is 8.50. The Morgan fingerprint density at radius 3 is 2.67 bits per heavy atom. The van der Waals surface area contributed by atoms with Gasteiger partial charge in [0.2, 0.25) is 10.0 Å². The van der Waals surface area contributed by atoms with Crippen molar-refractivity contribution < 1.29 is 8.42 Å². The molecule has 7 nitrogen and oxygen atoms in total. The van der Waals surface area contributed by atoms with Crippen LogP contribution in [0, 0.1) is 13.8 Å². The van der Waals surface area contributed by atoms with E-state index in [1.54, 1.807) is 10.7 Å². The minimum atomic E-state index is -3.66.